The molecular weight excluding hydrogens is 188 g/mol. The van der Waals surface area contributed by atoms with E-state index >= 15 is 0 Å². The van der Waals surface area contributed by atoms with E-state index in [1.54, 1.807) is 0 Å². The van der Waals surface area contributed by atoms with Gasteiger partial charge in [0.05, 0.1) is 5.92 Å². The maximum absolute atomic E-state index is 11.1. The van der Waals surface area contributed by atoms with Gasteiger partial charge in [0.1, 0.15) is 0 Å². The average Bonchev–Trinajstić information content (AvgIpc) is 2.58. The molecule has 0 fully saturated rings. The molecule has 0 heterocycles. The van der Waals surface area contributed by atoms with Gasteiger partial charge in [-0.15, -0.1) is 0 Å². The van der Waals surface area contributed by atoms with Crippen molar-refractivity contribution < 1.29 is 9.90 Å². The molecule has 0 bridgehead atoms. The molecule has 15 heavy (non-hydrogen) atoms. The molecule has 0 aliphatic heterocycles. The third-order valence-electron chi connectivity index (χ3n) is 3.68. The van der Waals surface area contributed by atoms with Gasteiger partial charge in [0, 0.05) is 0 Å². The highest BCUT2D eigenvalue weighted by Gasteiger charge is 2.30. The fraction of sp³-hybridized carbons (Fsp3) is 0.462. The number of rotatable bonds is 1. The number of aliphatic carboxylic acids is 1. The van der Waals surface area contributed by atoms with Crippen molar-refractivity contribution >= 4 is 5.97 Å². The van der Waals surface area contributed by atoms with Crippen molar-refractivity contribution in [3.8, 4) is 0 Å². The van der Waals surface area contributed by atoms with Crippen molar-refractivity contribution in [1.29, 1.82) is 0 Å². The summed E-state index contributed by atoms with van der Waals surface area (Å²) in [5, 5.41) is 9.11. The molecule has 0 spiro atoms. The minimum absolute atomic E-state index is 0.280. The summed E-state index contributed by atoms with van der Waals surface area (Å²) in [7, 11) is 0. The highest BCUT2D eigenvalue weighted by atomic mass is 16.4. The predicted molar refractivity (Wildman–Crippen MR) is 59.4 cm³/mol. The van der Waals surface area contributed by atoms with Crippen molar-refractivity contribution in [2.24, 2.45) is 0 Å². The van der Waals surface area contributed by atoms with Crippen LogP contribution in [0.3, 0.4) is 0 Å². The fourth-order valence-corrected chi connectivity index (χ4v) is 2.51. The lowest BCUT2D eigenvalue weighted by Gasteiger charge is -2.12. The van der Waals surface area contributed by atoms with Crippen LogP contribution in [0, 0.1) is 20.8 Å². The summed E-state index contributed by atoms with van der Waals surface area (Å²) in [6.45, 7) is 6.27. The smallest absolute Gasteiger partial charge is 0.310 e. The molecule has 1 unspecified atom stereocenters. The predicted octanol–water partition coefficient (Wildman–Crippen LogP) is 2.73. The number of fused-ring (bicyclic) bond motifs is 1. The van der Waals surface area contributed by atoms with Gasteiger partial charge in [-0.2, -0.15) is 0 Å². The van der Waals surface area contributed by atoms with E-state index in [9.17, 15) is 4.79 Å². The van der Waals surface area contributed by atoms with Crippen LogP contribution in [0.2, 0.25) is 0 Å². The topological polar surface area (TPSA) is 37.3 Å². The van der Waals surface area contributed by atoms with Crippen LogP contribution in [0.15, 0.2) is 6.07 Å². The molecule has 1 aliphatic rings. The highest BCUT2D eigenvalue weighted by Crippen LogP contribution is 2.37. The molecular formula is C13H16O2. The Labute approximate surface area is 89.9 Å². The van der Waals surface area contributed by atoms with Gasteiger partial charge in [0.25, 0.3) is 0 Å². The van der Waals surface area contributed by atoms with Crippen LogP contribution in [0.25, 0.3) is 0 Å². The number of hydrogen-bond donors (Lipinski definition) is 1. The van der Waals surface area contributed by atoms with Crippen molar-refractivity contribution in [3.05, 3.63) is 33.9 Å². The number of aryl methyl sites for hydroxylation is 1. The minimum atomic E-state index is -0.684. The normalized spacial score (nSPS) is 19.0. The Morgan fingerprint density at radius 2 is 2.00 bits per heavy atom. The molecule has 2 heteroatoms. The standard InChI is InChI=1S/C13H16O2/c1-7-6-12-10(9(3)8(7)2)4-5-11(12)13(14)15/h6,11H,4-5H2,1-3H3,(H,14,15). The van der Waals surface area contributed by atoms with Gasteiger partial charge >= 0.3 is 5.97 Å². The zero-order valence-electron chi connectivity index (χ0n) is 9.42. The van der Waals surface area contributed by atoms with Gasteiger partial charge in [-0.3, -0.25) is 4.79 Å². The second-order valence-electron chi connectivity index (χ2n) is 4.44. The van der Waals surface area contributed by atoms with Crippen LogP contribution in [0.1, 0.15) is 40.2 Å². The van der Waals surface area contributed by atoms with Crippen LogP contribution < -0.4 is 0 Å². The second kappa shape index (κ2) is 3.37. The van der Waals surface area contributed by atoms with Crippen molar-refractivity contribution in [2.75, 3.05) is 0 Å². The quantitative estimate of drug-likeness (QED) is 0.763. The first-order valence-corrected chi connectivity index (χ1v) is 5.34. The van der Waals surface area contributed by atoms with Crippen LogP contribution in [-0.4, -0.2) is 11.1 Å². The Hall–Kier alpha value is -1.31. The van der Waals surface area contributed by atoms with Crippen LogP contribution in [-0.2, 0) is 11.2 Å². The molecule has 1 aromatic rings. The van der Waals surface area contributed by atoms with E-state index in [1.807, 2.05) is 0 Å². The van der Waals surface area contributed by atoms with Crippen molar-refractivity contribution in [2.45, 2.75) is 39.5 Å². The minimum Gasteiger partial charge on any atom is -0.481 e. The number of carboxylic acid groups (broad SMARTS) is 1. The van der Waals surface area contributed by atoms with E-state index in [0.29, 0.717) is 0 Å². The molecule has 1 aliphatic carbocycles. The van der Waals surface area contributed by atoms with Crippen molar-refractivity contribution in [1.82, 2.24) is 0 Å². The molecule has 0 radical (unpaired) electrons. The third-order valence-corrected chi connectivity index (χ3v) is 3.68. The number of hydrogen-bond acceptors (Lipinski definition) is 1. The molecule has 2 nitrogen and oxygen atoms in total. The maximum Gasteiger partial charge on any atom is 0.310 e. The van der Waals surface area contributed by atoms with Gasteiger partial charge < -0.3 is 5.11 Å². The van der Waals surface area contributed by atoms with E-state index in [-0.39, 0.29) is 5.92 Å². The van der Waals surface area contributed by atoms with E-state index in [1.165, 1.54) is 22.3 Å². The van der Waals surface area contributed by atoms with Gasteiger partial charge in [0.2, 0.25) is 0 Å². The molecule has 0 saturated carbocycles. The third kappa shape index (κ3) is 1.44. The van der Waals surface area contributed by atoms with Crippen LogP contribution in [0.5, 0.6) is 0 Å². The Morgan fingerprint density at radius 1 is 1.33 bits per heavy atom. The average molecular weight is 204 g/mol. The lowest BCUT2D eigenvalue weighted by molar-refractivity contribution is -0.138. The lowest BCUT2D eigenvalue weighted by Crippen LogP contribution is -2.08. The number of carboxylic acids is 1. The van der Waals surface area contributed by atoms with Gasteiger partial charge in [0.15, 0.2) is 0 Å². The summed E-state index contributed by atoms with van der Waals surface area (Å²) in [4.78, 5) is 11.1. The summed E-state index contributed by atoms with van der Waals surface area (Å²) in [6.07, 6.45) is 1.67. The summed E-state index contributed by atoms with van der Waals surface area (Å²) < 4.78 is 0. The first kappa shape index (κ1) is 10.2. The Kier molecular flexibility index (Phi) is 2.29. The van der Waals surface area contributed by atoms with E-state index in [4.69, 9.17) is 5.11 Å². The lowest BCUT2D eigenvalue weighted by atomic mass is 9.93. The summed E-state index contributed by atoms with van der Waals surface area (Å²) in [6, 6.07) is 2.06. The van der Waals surface area contributed by atoms with Gasteiger partial charge in [-0.05, 0) is 61.4 Å². The second-order valence-corrected chi connectivity index (χ2v) is 4.44. The van der Waals surface area contributed by atoms with Crippen LogP contribution in [0.4, 0.5) is 0 Å². The molecule has 0 saturated heterocycles. The monoisotopic (exact) mass is 204 g/mol. The number of benzene rings is 1. The maximum atomic E-state index is 11.1. The van der Waals surface area contributed by atoms with E-state index in [0.717, 1.165) is 18.4 Å². The molecule has 1 N–H and O–H groups in total. The molecule has 1 atom stereocenters. The molecule has 80 valence electrons. The largest absolute Gasteiger partial charge is 0.481 e. The summed E-state index contributed by atoms with van der Waals surface area (Å²) in [5.74, 6) is -0.964. The van der Waals surface area contributed by atoms with Gasteiger partial charge in [-0.1, -0.05) is 6.07 Å². The SMILES string of the molecule is Cc1cc2c(c(C)c1C)CCC2C(=O)O. The van der Waals surface area contributed by atoms with Crippen molar-refractivity contribution in [3.63, 3.8) is 0 Å². The summed E-state index contributed by atoms with van der Waals surface area (Å²) in [5.41, 5.74) is 6.11. The Morgan fingerprint density at radius 3 is 2.60 bits per heavy atom. The zero-order chi connectivity index (χ0) is 11.2. The first-order valence-electron chi connectivity index (χ1n) is 5.34. The molecule has 2 rings (SSSR count). The molecule has 0 aromatic heterocycles. The Bertz CT molecular complexity index is 433. The molecule has 1 aromatic carbocycles. The van der Waals surface area contributed by atoms with E-state index in [2.05, 4.69) is 26.8 Å². The summed E-state index contributed by atoms with van der Waals surface area (Å²) >= 11 is 0. The fourth-order valence-electron chi connectivity index (χ4n) is 2.51. The highest BCUT2D eigenvalue weighted by molar-refractivity contribution is 5.78. The van der Waals surface area contributed by atoms with Gasteiger partial charge in [-0.25, -0.2) is 0 Å². The van der Waals surface area contributed by atoms with E-state index < -0.39 is 5.97 Å². The van der Waals surface area contributed by atoms with Crippen LogP contribution >= 0.6 is 0 Å². The molecule has 0 amide bonds. The number of carbonyl (C=O) groups is 1. The Balaban J connectivity index is 2.60. The zero-order valence-corrected chi connectivity index (χ0v) is 9.42. The first-order chi connectivity index (χ1) is 7.02.